The predicted molar refractivity (Wildman–Crippen MR) is 57.7 cm³/mol. The number of nitrogens with zero attached hydrogens (tertiary/aromatic N) is 1. The molecule has 0 radical (unpaired) electrons. The Morgan fingerprint density at radius 3 is 2.40 bits per heavy atom. The zero-order chi connectivity index (χ0) is 11.3. The predicted octanol–water partition coefficient (Wildman–Crippen LogP) is 1.22. The van der Waals surface area contributed by atoms with Crippen LogP contribution in [0.25, 0.3) is 0 Å². The van der Waals surface area contributed by atoms with Crippen molar-refractivity contribution in [1.29, 1.82) is 0 Å². The Bertz CT molecular complexity index is 277. The second-order valence-corrected chi connectivity index (χ2v) is 5.80. The molecule has 1 spiro atoms. The van der Waals surface area contributed by atoms with Gasteiger partial charge in [-0.2, -0.15) is 0 Å². The summed E-state index contributed by atoms with van der Waals surface area (Å²) >= 11 is 0. The molecule has 0 bridgehead atoms. The minimum Gasteiger partial charge on any atom is -0.444 e. The van der Waals surface area contributed by atoms with Crippen molar-refractivity contribution in [3.63, 3.8) is 0 Å². The summed E-state index contributed by atoms with van der Waals surface area (Å²) in [5, 5.41) is 3.33. The number of hydrogen-bond acceptors (Lipinski definition) is 3. The topological polar surface area (TPSA) is 41.6 Å². The highest BCUT2D eigenvalue weighted by atomic mass is 16.6. The molecule has 2 aliphatic heterocycles. The quantitative estimate of drug-likeness (QED) is 0.656. The molecule has 0 aliphatic carbocycles. The van der Waals surface area contributed by atoms with Crippen LogP contribution in [0.15, 0.2) is 0 Å². The average molecular weight is 212 g/mol. The fourth-order valence-electron chi connectivity index (χ4n) is 2.15. The van der Waals surface area contributed by atoms with E-state index in [9.17, 15) is 4.79 Å². The number of ether oxygens (including phenoxy) is 1. The first-order valence-electron chi connectivity index (χ1n) is 5.54. The van der Waals surface area contributed by atoms with Crippen molar-refractivity contribution in [3.05, 3.63) is 0 Å². The van der Waals surface area contributed by atoms with E-state index in [2.05, 4.69) is 12.2 Å². The van der Waals surface area contributed by atoms with Crippen molar-refractivity contribution in [3.8, 4) is 0 Å². The maximum atomic E-state index is 11.7. The lowest BCUT2D eigenvalue weighted by Crippen LogP contribution is -2.76. The van der Waals surface area contributed by atoms with Gasteiger partial charge >= 0.3 is 6.09 Å². The molecule has 0 aromatic heterocycles. The minimum absolute atomic E-state index is 0.174. The Labute approximate surface area is 91.0 Å². The third-order valence-electron chi connectivity index (χ3n) is 3.34. The molecule has 2 heterocycles. The highest BCUT2D eigenvalue weighted by Crippen LogP contribution is 2.39. The zero-order valence-corrected chi connectivity index (χ0v) is 9.96. The first-order valence-corrected chi connectivity index (χ1v) is 5.54. The molecular formula is C11H20N2O2. The van der Waals surface area contributed by atoms with E-state index in [-0.39, 0.29) is 11.7 Å². The number of rotatable bonds is 0. The van der Waals surface area contributed by atoms with Gasteiger partial charge in [0.05, 0.1) is 0 Å². The van der Waals surface area contributed by atoms with Gasteiger partial charge < -0.3 is 15.0 Å². The second-order valence-electron chi connectivity index (χ2n) is 5.80. The van der Waals surface area contributed by atoms with E-state index in [1.807, 2.05) is 20.8 Å². The monoisotopic (exact) mass is 212 g/mol. The van der Waals surface area contributed by atoms with Crippen molar-refractivity contribution >= 4 is 6.09 Å². The lowest BCUT2D eigenvalue weighted by Gasteiger charge is -2.59. The van der Waals surface area contributed by atoms with Crippen LogP contribution in [0.3, 0.4) is 0 Å². The summed E-state index contributed by atoms with van der Waals surface area (Å²) in [7, 11) is 0. The molecular weight excluding hydrogens is 192 g/mol. The third kappa shape index (κ3) is 1.83. The van der Waals surface area contributed by atoms with E-state index in [4.69, 9.17) is 4.74 Å². The maximum absolute atomic E-state index is 11.7. The van der Waals surface area contributed by atoms with E-state index in [1.165, 1.54) is 0 Å². The van der Waals surface area contributed by atoms with E-state index < -0.39 is 0 Å². The van der Waals surface area contributed by atoms with E-state index in [0.717, 1.165) is 19.6 Å². The molecule has 1 atom stereocenters. The smallest absolute Gasteiger partial charge is 0.410 e. The maximum Gasteiger partial charge on any atom is 0.410 e. The minimum atomic E-state index is -0.386. The molecule has 1 N–H and O–H groups in total. The summed E-state index contributed by atoms with van der Waals surface area (Å²) in [5.41, 5.74) is -0.0414. The molecule has 0 unspecified atom stereocenters. The fraction of sp³-hybridized carbons (Fsp3) is 0.909. The van der Waals surface area contributed by atoms with Crippen LogP contribution in [0.1, 0.15) is 27.7 Å². The number of nitrogens with one attached hydrogen (secondary N) is 1. The Kier molecular flexibility index (Phi) is 2.23. The molecule has 2 fully saturated rings. The summed E-state index contributed by atoms with van der Waals surface area (Å²) in [6, 6.07) is 0.538. The first-order chi connectivity index (χ1) is 6.82. The molecule has 0 saturated carbocycles. The van der Waals surface area contributed by atoms with E-state index in [1.54, 1.807) is 4.90 Å². The highest BCUT2D eigenvalue weighted by molar-refractivity contribution is 5.69. The lowest BCUT2D eigenvalue weighted by atomic mass is 9.68. The molecule has 0 aromatic carbocycles. The molecule has 15 heavy (non-hydrogen) atoms. The zero-order valence-electron chi connectivity index (χ0n) is 9.96. The van der Waals surface area contributed by atoms with Gasteiger partial charge in [0, 0.05) is 31.1 Å². The normalized spacial score (nSPS) is 28.3. The van der Waals surface area contributed by atoms with E-state index in [0.29, 0.717) is 11.5 Å². The summed E-state index contributed by atoms with van der Waals surface area (Å²) in [4.78, 5) is 13.5. The van der Waals surface area contributed by atoms with Crippen LogP contribution in [-0.2, 0) is 4.74 Å². The Morgan fingerprint density at radius 1 is 1.47 bits per heavy atom. The van der Waals surface area contributed by atoms with Gasteiger partial charge in [-0.3, -0.25) is 0 Å². The van der Waals surface area contributed by atoms with Gasteiger partial charge in [-0.15, -0.1) is 0 Å². The summed E-state index contributed by atoms with van der Waals surface area (Å²) in [6.45, 7) is 10.6. The first kappa shape index (κ1) is 10.7. The Hall–Kier alpha value is -0.770. The van der Waals surface area contributed by atoms with Crippen LogP contribution in [0.4, 0.5) is 4.79 Å². The van der Waals surface area contributed by atoms with Crippen molar-refractivity contribution in [1.82, 2.24) is 10.2 Å². The molecule has 2 aliphatic rings. The standard InChI is InChI=1S/C11H20N2O2/c1-8-11(5-12-8)6-13(7-11)9(14)15-10(2,3)4/h8,12H,5-7H2,1-4H3/t8-/m0/s1. The molecule has 2 saturated heterocycles. The largest absolute Gasteiger partial charge is 0.444 e. The summed E-state index contributed by atoms with van der Waals surface area (Å²) < 4.78 is 5.31. The molecule has 1 amide bonds. The second kappa shape index (κ2) is 3.11. The van der Waals surface area contributed by atoms with Crippen molar-refractivity contribution in [2.45, 2.75) is 39.3 Å². The number of hydrogen-bond donors (Lipinski definition) is 1. The summed E-state index contributed by atoms with van der Waals surface area (Å²) in [6.07, 6.45) is -0.174. The SMILES string of the molecule is C[C@@H]1NCC12CN(C(=O)OC(C)(C)C)C2. The van der Waals surface area contributed by atoms with Gasteiger partial charge in [0.25, 0.3) is 0 Å². The Balaban J connectivity index is 1.82. The average Bonchev–Trinajstić information content (AvgIpc) is 1.95. The van der Waals surface area contributed by atoms with Crippen LogP contribution < -0.4 is 5.32 Å². The van der Waals surface area contributed by atoms with Gasteiger partial charge in [0.1, 0.15) is 5.60 Å². The third-order valence-corrected chi connectivity index (χ3v) is 3.34. The van der Waals surface area contributed by atoms with Gasteiger partial charge in [-0.05, 0) is 27.7 Å². The molecule has 0 aromatic rings. The van der Waals surface area contributed by atoms with Gasteiger partial charge in [-0.1, -0.05) is 0 Å². The molecule has 2 rings (SSSR count). The molecule has 4 heteroatoms. The highest BCUT2D eigenvalue weighted by Gasteiger charge is 2.54. The van der Waals surface area contributed by atoms with Crippen LogP contribution in [-0.4, -0.2) is 42.3 Å². The van der Waals surface area contributed by atoms with Crippen LogP contribution >= 0.6 is 0 Å². The van der Waals surface area contributed by atoms with Gasteiger partial charge in [-0.25, -0.2) is 4.79 Å². The van der Waals surface area contributed by atoms with Crippen molar-refractivity contribution < 1.29 is 9.53 Å². The molecule has 4 nitrogen and oxygen atoms in total. The molecule has 86 valence electrons. The number of carbonyl (C=O) groups is 1. The lowest BCUT2D eigenvalue weighted by molar-refractivity contribution is -0.0792. The Morgan fingerprint density at radius 2 is 2.07 bits per heavy atom. The number of likely N-dealkylation sites (tertiary alicyclic amines) is 1. The van der Waals surface area contributed by atoms with Crippen LogP contribution in [0.2, 0.25) is 0 Å². The van der Waals surface area contributed by atoms with E-state index >= 15 is 0 Å². The van der Waals surface area contributed by atoms with Crippen molar-refractivity contribution in [2.24, 2.45) is 5.41 Å². The van der Waals surface area contributed by atoms with Crippen LogP contribution in [0, 0.1) is 5.41 Å². The van der Waals surface area contributed by atoms with Gasteiger partial charge in [0.15, 0.2) is 0 Å². The van der Waals surface area contributed by atoms with Crippen molar-refractivity contribution in [2.75, 3.05) is 19.6 Å². The number of carbonyl (C=O) groups excluding carboxylic acids is 1. The van der Waals surface area contributed by atoms with Crippen LogP contribution in [0.5, 0.6) is 0 Å². The fourth-order valence-corrected chi connectivity index (χ4v) is 2.15. The number of amides is 1. The summed E-state index contributed by atoms with van der Waals surface area (Å²) in [5.74, 6) is 0. The van der Waals surface area contributed by atoms with Gasteiger partial charge in [0.2, 0.25) is 0 Å².